The molecule has 4 rings (SSSR count). The molecule has 0 unspecified atom stereocenters. The van der Waals surface area contributed by atoms with E-state index in [-0.39, 0.29) is 29.3 Å². The summed E-state index contributed by atoms with van der Waals surface area (Å²) >= 11 is 0. The highest BCUT2D eigenvalue weighted by Crippen LogP contribution is 2.25. The Morgan fingerprint density at radius 2 is 1.77 bits per heavy atom. The minimum absolute atomic E-state index is 0.00401. The number of halogens is 1. The van der Waals surface area contributed by atoms with Crippen molar-refractivity contribution in [3.8, 4) is 0 Å². The first kappa shape index (κ1) is 21.5. The van der Waals surface area contributed by atoms with Crippen molar-refractivity contribution in [2.75, 3.05) is 18.4 Å². The third kappa shape index (κ3) is 5.11. The lowest BCUT2D eigenvalue weighted by Gasteiger charge is -2.31. The van der Waals surface area contributed by atoms with Gasteiger partial charge >= 0.3 is 0 Å². The molecule has 1 aliphatic heterocycles. The van der Waals surface area contributed by atoms with E-state index in [1.165, 1.54) is 16.4 Å². The zero-order valence-corrected chi connectivity index (χ0v) is 17.7. The van der Waals surface area contributed by atoms with E-state index >= 15 is 0 Å². The van der Waals surface area contributed by atoms with E-state index in [1.807, 2.05) is 0 Å². The number of nitrogens with one attached hydrogen (secondary N) is 2. The molecule has 0 radical (unpaired) electrons. The lowest BCUT2D eigenvalue weighted by Crippen LogP contribution is -2.43. The highest BCUT2D eigenvalue weighted by molar-refractivity contribution is 7.89. The Morgan fingerprint density at radius 3 is 2.48 bits per heavy atom. The first-order chi connectivity index (χ1) is 14.8. The molecular weight excluding hydrogens is 421 g/mol. The Kier molecular flexibility index (Phi) is 6.06. The van der Waals surface area contributed by atoms with Gasteiger partial charge in [0.25, 0.3) is 5.91 Å². The summed E-state index contributed by atoms with van der Waals surface area (Å²) in [4.78, 5) is 25.0. The molecule has 2 amide bonds. The molecule has 1 atom stereocenters. The summed E-state index contributed by atoms with van der Waals surface area (Å²) in [5.41, 5.74) is 0.959. The molecule has 31 heavy (non-hydrogen) atoms. The van der Waals surface area contributed by atoms with Crippen LogP contribution in [0.25, 0.3) is 0 Å². The number of hydrogen-bond donors (Lipinski definition) is 2. The number of piperidine rings is 1. The van der Waals surface area contributed by atoms with Gasteiger partial charge in [0, 0.05) is 30.4 Å². The smallest absolute Gasteiger partial charge is 0.251 e. The second-order valence-corrected chi connectivity index (χ2v) is 9.91. The van der Waals surface area contributed by atoms with Gasteiger partial charge in [-0.1, -0.05) is 6.07 Å². The van der Waals surface area contributed by atoms with Gasteiger partial charge in [0.1, 0.15) is 5.82 Å². The number of sulfonamides is 1. The van der Waals surface area contributed by atoms with E-state index in [0.717, 1.165) is 25.0 Å². The van der Waals surface area contributed by atoms with Crippen molar-refractivity contribution in [2.24, 2.45) is 5.92 Å². The van der Waals surface area contributed by atoms with Crippen molar-refractivity contribution in [2.45, 2.75) is 36.6 Å². The maximum Gasteiger partial charge on any atom is 0.251 e. The molecule has 164 valence electrons. The Balaban J connectivity index is 1.42. The average molecular weight is 446 g/mol. The van der Waals surface area contributed by atoms with Crippen LogP contribution in [0.3, 0.4) is 0 Å². The minimum Gasteiger partial charge on any atom is -0.349 e. The van der Waals surface area contributed by atoms with Crippen LogP contribution in [0.4, 0.5) is 10.1 Å². The quantitative estimate of drug-likeness (QED) is 0.715. The van der Waals surface area contributed by atoms with Gasteiger partial charge in [-0.2, -0.15) is 4.31 Å². The summed E-state index contributed by atoms with van der Waals surface area (Å²) in [6, 6.07) is 11.6. The number of rotatable bonds is 6. The fraction of sp³-hybridized carbons (Fsp3) is 0.364. The molecule has 9 heteroatoms. The molecule has 2 N–H and O–H groups in total. The number of carbonyl (C=O) groups excluding carboxylic acids is 2. The van der Waals surface area contributed by atoms with Crippen LogP contribution < -0.4 is 10.6 Å². The highest BCUT2D eigenvalue weighted by Gasteiger charge is 2.33. The standard InChI is InChI=1S/C22H24FN3O4S/c23-17-6-10-20(11-7-17)31(29,30)26-12-2-4-16(14-26)22(28)25-19-5-1-3-15(13-19)21(27)24-18-8-9-18/h1,3,5-7,10-11,13,16,18H,2,4,8-9,12,14H2,(H,24,27)(H,25,28)/t16-/m0/s1. The van der Waals surface area contributed by atoms with Crippen LogP contribution in [0, 0.1) is 11.7 Å². The third-order valence-electron chi connectivity index (χ3n) is 5.51. The van der Waals surface area contributed by atoms with E-state index in [9.17, 15) is 22.4 Å². The van der Waals surface area contributed by atoms with E-state index in [4.69, 9.17) is 0 Å². The van der Waals surface area contributed by atoms with E-state index < -0.39 is 21.8 Å². The molecule has 7 nitrogen and oxygen atoms in total. The first-order valence-corrected chi connectivity index (χ1v) is 11.7. The first-order valence-electron chi connectivity index (χ1n) is 10.3. The summed E-state index contributed by atoms with van der Waals surface area (Å²) in [6.45, 7) is 0.355. The van der Waals surface area contributed by atoms with Crippen molar-refractivity contribution in [3.63, 3.8) is 0 Å². The molecule has 1 saturated heterocycles. The van der Waals surface area contributed by atoms with Crippen LogP contribution in [0.5, 0.6) is 0 Å². The average Bonchev–Trinajstić information content (AvgIpc) is 3.58. The number of amides is 2. The molecule has 0 bridgehead atoms. The summed E-state index contributed by atoms with van der Waals surface area (Å²) in [6.07, 6.45) is 3.08. The van der Waals surface area contributed by atoms with Gasteiger partial charge in [-0.3, -0.25) is 9.59 Å². The van der Waals surface area contributed by atoms with E-state index in [0.29, 0.717) is 30.6 Å². The topological polar surface area (TPSA) is 95.6 Å². The third-order valence-corrected chi connectivity index (χ3v) is 7.39. The minimum atomic E-state index is -3.81. The van der Waals surface area contributed by atoms with Crippen LogP contribution in [0.15, 0.2) is 53.4 Å². The Bertz CT molecular complexity index is 1080. The van der Waals surface area contributed by atoms with E-state index in [1.54, 1.807) is 24.3 Å². The van der Waals surface area contributed by atoms with Gasteiger partial charge < -0.3 is 10.6 Å². The molecule has 0 spiro atoms. The zero-order chi connectivity index (χ0) is 22.0. The van der Waals surface area contributed by atoms with Gasteiger partial charge in [-0.15, -0.1) is 0 Å². The van der Waals surface area contributed by atoms with Crippen LogP contribution >= 0.6 is 0 Å². The fourth-order valence-corrected chi connectivity index (χ4v) is 5.13. The predicted octanol–water partition coefficient (Wildman–Crippen LogP) is 2.76. The highest BCUT2D eigenvalue weighted by atomic mass is 32.2. The number of anilines is 1. The molecular formula is C22H24FN3O4S. The van der Waals surface area contributed by atoms with Gasteiger partial charge in [-0.05, 0) is 68.1 Å². The van der Waals surface area contributed by atoms with Crippen LogP contribution in [-0.2, 0) is 14.8 Å². The molecule has 2 aromatic rings. The Hall–Kier alpha value is -2.78. The molecule has 1 aliphatic carbocycles. The van der Waals surface area contributed by atoms with Gasteiger partial charge in [0.15, 0.2) is 0 Å². The molecule has 2 aromatic carbocycles. The SMILES string of the molecule is O=C(NC1CC1)c1cccc(NC(=O)[C@H]2CCCN(S(=O)(=O)c3ccc(F)cc3)C2)c1. The number of hydrogen-bond acceptors (Lipinski definition) is 4. The second kappa shape index (κ2) is 8.76. The van der Waals surface area contributed by atoms with Gasteiger partial charge in [0.05, 0.1) is 10.8 Å². The zero-order valence-electron chi connectivity index (χ0n) is 16.9. The van der Waals surface area contributed by atoms with Crippen LogP contribution in [-0.4, -0.2) is 43.7 Å². The van der Waals surface area contributed by atoms with Crippen molar-refractivity contribution < 1.29 is 22.4 Å². The van der Waals surface area contributed by atoms with Crippen LogP contribution in [0.2, 0.25) is 0 Å². The fourth-order valence-electron chi connectivity index (χ4n) is 3.61. The Labute approximate surface area is 180 Å². The molecule has 0 aromatic heterocycles. The van der Waals surface area contributed by atoms with Crippen LogP contribution in [0.1, 0.15) is 36.0 Å². The summed E-state index contributed by atoms with van der Waals surface area (Å²) < 4.78 is 40.2. The number of carbonyl (C=O) groups is 2. The molecule has 2 aliphatic rings. The summed E-state index contributed by atoms with van der Waals surface area (Å²) in [5, 5.41) is 5.71. The normalized spacial score (nSPS) is 19.6. The lowest BCUT2D eigenvalue weighted by molar-refractivity contribution is -0.120. The predicted molar refractivity (Wildman–Crippen MR) is 113 cm³/mol. The second-order valence-electron chi connectivity index (χ2n) is 7.97. The summed E-state index contributed by atoms with van der Waals surface area (Å²) in [5.74, 6) is -1.50. The summed E-state index contributed by atoms with van der Waals surface area (Å²) in [7, 11) is -3.81. The molecule has 2 fully saturated rings. The maximum atomic E-state index is 13.1. The largest absolute Gasteiger partial charge is 0.349 e. The van der Waals surface area contributed by atoms with E-state index in [2.05, 4.69) is 10.6 Å². The number of benzene rings is 2. The van der Waals surface area contributed by atoms with Crippen molar-refractivity contribution in [1.82, 2.24) is 9.62 Å². The number of nitrogens with zero attached hydrogens (tertiary/aromatic N) is 1. The lowest BCUT2D eigenvalue weighted by atomic mass is 9.98. The van der Waals surface area contributed by atoms with Gasteiger partial charge in [-0.25, -0.2) is 12.8 Å². The Morgan fingerprint density at radius 1 is 1.03 bits per heavy atom. The van der Waals surface area contributed by atoms with Gasteiger partial charge in [0.2, 0.25) is 15.9 Å². The molecule has 1 heterocycles. The van der Waals surface area contributed by atoms with Crippen molar-refractivity contribution in [1.29, 1.82) is 0 Å². The monoisotopic (exact) mass is 445 g/mol. The van der Waals surface area contributed by atoms with Crippen molar-refractivity contribution >= 4 is 27.5 Å². The maximum absolute atomic E-state index is 13.1. The van der Waals surface area contributed by atoms with Crippen molar-refractivity contribution in [3.05, 3.63) is 59.9 Å². The molecule has 1 saturated carbocycles.